The van der Waals surface area contributed by atoms with Crippen molar-refractivity contribution in [3.63, 3.8) is 0 Å². The number of hydrogen-bond acceptors (Lipinski definition) is 3. The molecular formula is C14H16FN3. The van der Waals surface area contributed by atoms with Crippen LogP contribution in [0.4, 0.5) is 10.2 Å². The van der Waals surface area contributed by atoms with Crippen molar-refractivity contribution in [1.82, 2.24) is 10.3 Å². The van der Waals surface area contributed by atoms with Gasteiger partial charge in [-0.2, -0.15) is 0 Å². The number of halogens is 1. The van der Waals surface area contributed by atoms with Gasteiger partial charge in [0.25, 0.3) is 0 Å². The first kappa shape index (κ1) is 12.5. The molecule has 18 heavy (non-hydrogen) atoms. The van der Waals surface area contributed by atoms with Crippen LogP contribution in [-0.4, -0.2) is 12.0 Å². The van der Waals surface area contributed by atoms with E-state index in [1.54, 1.807) is 18.3 Å². The van der Waals surface area contributed by atoms with Gasteiger partial charge in [-0.3, -0.25) is 0 Å². The molecule has 0 aliphatic heterocycles. The van der Waals surface area contributed by atoms with Crippen molar-refractivity contribution in [3.05, 3.63) is 59.5 Å². The molecule has 0 saturated heterocycles. The zero-order chi connectivity index (χ0) is 13.0. The maximum atomic E-state index is 13.2. The maximum absolute atomic E-state index is 13.2. The van der Waals surface area contributed by atoms with E-state index in [1.807, 2.05) is 25.2 Å². The minimum Gasteiger partial charge on any atom is -0.384 e. The van der Waals surface area contributed by atoms with Crippen molar-refractivity contribution >= 4 is 5.82 Å². The van der Waals surface area contributed by atoms with E-state index in [4.69, 9.17) is 5.73 Å². The average Bonchev–Trinajstić information content (AvgIpc) is 2.36. The van der Waals surface area contributed by atoms with E-state index in [2.05, 4.69) is 10.3 Å². The van der Waals surface area contributed by atoms with Crippen molar-refractivity contribution in [2.75, 3.05) is 12.8 Å². The Morgan fingerprint density at radius 2 is 2.17 bits per heavy atom. The van der Waals surface area contributed by atoms with Crippen LogP contribution in [0, 0.1) is 5.82 Å². The van der Waals surface area contributed by atoms with Gasteiger partial charge in [-0.15, -0.1) is 0 Å². The van der Waals surface area contributed by atoms with E-state index < -0.39 is 0 Å². The largest absolute Gasteiger partial charge is 0.384 e. The lowest BCUT2D eigenvalue weighted by Crippen LogP contribution is -2.19. The molecule has 1 atom stereocenters. The number of anilines is 1. The van der Waals surface area contributed by atoms with E-state index in [0.29, 0.717) is 5.82 Å². The van der Waals surface area contributed by atoms with E-state index >= 15 is 0 Å². The Bertz CT molecular complexity index is 528. The summed E-state index contributed by atoms with van der Waals surface area (Å²) in [5.41, 5.74) is 7.65. The Morgan fingerprint density at radius 3 is 2.83 bits per heavy atom. The topological polar surface area (TPSA) is 50.9 Å². The summed E-state index contributed by atoms with van der Waals surface area (Å²) in [4.78, 5) is 3.96. The molecule has 1 aromatic carbocycles. The van der Waals surface area contributed by atoms with Crippen molar-refractivity contribution < 1.29 is 4.39 Å². The van der Waals surface area contributed by atoms with Gasteiger partial charge in [0.2, 0.25) is 0 Å². The molecule has 0 aliphatic rings. The zero-order valence-corrected chi connectivity index (χ0v) is 10.2. The lowest BCUT2D eigenvalue weighted by atomic mass is 9.99. The Kier molecular flexibility index (Phi) is 3.89. The number of nitrogens with zero attached hydrogens (tertiary/aromatic N) is 1. The molecule has 4 heteroatoms. The summed E-state index contributed by atoms with van der Waals surface area (Å²) < 4.78 is 13.2. The predicted molar refractivity (Wildman–Crippen MR) is 70.6 cm³/mol. The van der Waals surface area contributed by atoms with Crippen molar-refractivity contribution in [2.45, 2.75) is 12.5 Å². The molecule has 3 nitrogen and oxygen atoms in total. The molecule has 0 radical (unpaired) electrons. The Balaban J connectivity index is 2.19. The van der Waals surface area contributed by atoms with Gasteiger partial charge in [0, 0.05) is 12.2 Å². The quantitative estimate of drug-likeness (QED) is 0.869. The van der Waals surface area contributed by atoms with Gasteiger partial charge in [0.05, 0.1) is 0 Å². The van der Waals surface area contributed by atoms with E-state index in [1.165, 1.54) is 6.07 Å². The highest BCUT2D eigenvalue weighted by Gasteiger charge is 2.11. The molecule has 0 bridgehead atoms. The molecule has 94 valence electrons. The molecule has 0 amide bonds. The number of nitrogens with one attached hydrogen (secondary N) is 1. The second kappa shape index (κ2) is 5.60. The zero-order valence-electron chi connectivity index (χ0n) is 10.2. The van der Waals surface area contributed by atoms with E-state index in [0.717, 1.165) is 17.5 Å². The van der Waals surface area contributed by atoms with Crippen LogP contribution in [0.2, 0.25) is 0 Å². The lowest BCUT2D eigenvalue weighted by Gasteiger charge is -2.17. The summed E-state index contributed by atoms with van der Waals surface area (Å²) in [5, 5.41) is 3.19. The third-order valence-corrected chi connectivity index (χ3v) is 2.88. The number of aromatic nitrogens is 1. The van der Waals surface area contributed by atoms with Gasteiger partial charge in [0.15, 0.2) is 0 Å². The molecule has 0 saturated carbocycles. The van der Waals surface area contributed by atoms with E-state index in [9.17, 15) is 4.39 Å². The second-order valence-electron chi connectivity index (χ2n) is 4.19. The van der Waals surface area contributed by atoms with Crippen LogP contribution >= 0.6 is 0 Å². The summed E-state index contributed by atoms with van der Waals surface area (Å²) in [5.74, 6) is 0.281. The average molecular weight is 245 g/mol. The number of pyridine rings is 1. The van der Waals surface area contributed by atoms with Crippen molar-refractivity contribution in [3.8, 4) is 0 Å². The third-order valence-electron chi connectivity index (χ3n) is 2.88. The van der Waals surface area contributed by atoms with Crippen LogP contribution in [0.5, 0.6) is 0 Å². The Labute approximate surface area is 106 Å². The van der Waals surface area contributed by atoms with Crippen molar-refractivity contribution in [1.29, 1.82) is 0 Å². The first-order chi connectivity index (χ1) is 8.69. The lowest BCUT2D eigenvalue weighted by molar-refractivity contribution is 0.577. The van der Waals surface area contributed by atoms with Gasteiger partial charge in [-0.05, 0) is 48.9 Å². The number of hydrogen-bond donors (Lipinski definition) is 2. The smallest absolute Gasteiger partial charge is 0.123 e. The van der Waals surface area contributed by atoms with E-state index in [-0.39, 0.29) is 11.9 Å². The molecule has 0 aliphatic carbocycles. The predicted octanol–water partition coefficient (Wildman–Crippen LogP) is 2.31. The highest BCUT2D eigenvalue weighted by molar-refractivity contribution is 5.33. The van der Waals surface area contributed by atoms with Crippen LogP contribution < -0.4 is 11.1 Å². The SMILES string of the molecule is CNC(Cc1ccnc(N)c1)c1cccc(F)c1. The second-order valence-corrected chi connectivity index (χ2v) is 4.19. The van der Waals surface area contributed by atoms with Crippen LogP contribution in [0.25, 0.3) is 0 Å². The van der Waals surface area contributed by atoms with Gasteiger partial charge in [0.1, 0.15) is 11.6 Å². The fourth-order valence-corrected chi connectivity index (χ4v) is 1.97. The fraction of sp³-hybridized carbons (Fsp3) is 0.214. The van der Waals surface area contributed by atoms with Crippen molar-refractivity contribution in [2.24, 2.45) is 0 Å². The highest BCUT2D eigenvalue weighted by Crippen LogP contribution is 2.19. The summed E-state index contributed by atoms with van der Waals surface area (Å²) in [6.07, 6.45) is 2.43. The summed E-state index contributed by atoms with van der Waals surface area (Å²) >= 11 is 0. The standard InChI is InChI=1S/C14H16FN3/c1-17-13(11-3-2-4-12(15)9-11)7-10-5-6-18-14(16)8-10/h2-6,8-9,13,17H,7H2,1H3,(H2,16,18). The molecule has 1 heterocycles. The van der Waals surface area contributed by atoms with Crippen LogP contribution in [-0.2, 0) is 6.42 Å². The summed E-state index contributed by atoms with van der Waals surface area (Å²) in [6, 6.07) is 10.4. The van der Waals surface area contributed by atoms with Crippen LogP contribution in [0.15, 0.2) is 42.6 Å². The minimum absolute atomic E-state index is 0.0579. The Hall–Kier alpha value is -1.94. The molecule has 2 aromatic rings. The molecular weight excluding hydrogens is 229 g/mol. The first-order valence-corrected chi connectivity index (χ1v) is 5.82. The molecule has 1 aromatic heterocycles. The number of benzene rings is 1. The monoisotopic (exact) mass is 245 g/mol. The molecule has 0 fully saturated rings. The molecule has 0 spiro atoms. The number of rotatable bonds is 4. The van der Waals surface area contributed by atoms with Crippen LogP contribution in [0.3, 0.4) is 0 Å². The van der Waals surface area contributed by atoms with Crippen LogP contribution in [0.1, 0.15) is 17.2 Å². The van der Waals surface area contributed by atoms with Gasteiger partial charge < -0.3 is 11.1 Å². The maximum Gasteiger partial charge on any atom is 0.123 e. The number of likely N-dealkylation sites (N-methyl/N-ethyl adjacent to an activating group) is 1. The first-order valence-electron chi connectivity index (χ1n) is 5.82. The molecule has 1 unspecified atom stereocenters. The molecule has 3 N–H and O–H groups in total. The third kappa shape index (κ3) is 3.05. The normalized spacial score (nSPS) is 12.3. The summed E-state index contributed by atoms with van der Waals surface area (Å²) in [7, 11) is 1.86. The van der Waals surface area contributed by atoms with Gasteiger partial charge >= 0.3 is 0 Å². The minimum atomic E-state index is -0.220. The van der Waals surface area contributed by atoms with Gasteiger partial charge in [-0.1, -0.05) is 12.1 Å². The Morgan fingerprint density at radius 1 is 1.33 bits per heavy atom. The number of nitrogen functional groups attached to an aromatic ring is 1. The summed E-state index contributed by atoms with van der Waals surface area (Å²) in [6.45, 7) is 0. The fourth-order valence-electron chi connectivity index (χ4n) is 1.97. The highest BCUT2D eigenvalue weighted by atomic mass is 19.1. The van der Waals surface area contributed by atoms with Gasteiger partial charge in [-0.25, -0.2) is 9.37 Å². The number of nitrogens with two attached hydrogens (primary N) is 1. The molecule has 2 rings (SSSR count).